The number of hydrogen-bond donors (Lipinski definition) is 0. The van der Waals surface area contributed by atoms with Gasteiger partial charge in [-0.1, -0.05) is 13.2 Å². The molecule has 1 aliphatic rings. The normalized spacial score (nSPS) is 12.6. The van der Waals surface area contributed by atoms with Crippen LogP contribution >= 0.6 is 0 Å². The third-order valence-corrected chi connectivity index (χ3v) is 4.07. The van der Waals surface area contributed by atoms with Crippen LogP contribution in [0.5, 0.6) is 0 Å². The van der Waals surface area contributed by atoms with E-state index >= 15 is 0 Å². The highest BCUT2D eigenvalue weighted by Crippen LogP contribution is 2.15. The smallest absolute Gasteiger partial charge is 0.358 e. The second kappa shape index (κ2) is 8.76. The molecule has 5 heteroatoms. The van der Waals surface area contributed by atoms with Crippen molar-refractivity contribution in [1.29, 1.82) is 0 Å². The summed E-state index contributed by atoms with van der Waals surface area (Å²) in [7, 11) is 0. The zero-order valence-electron chi connectivity index (χ0n) is 15.2. The van der Waals surface area contributed by atoms with Gasteiger partial charge in [0.1, 0.15) is 6.54 Å². The molecular weight excluding hydrogens is 324 g/mol. The molecule has 134 valence electrons. The zero-order valence-corrected chi connectivity index (χ0v) is 15.2. The molecule has 1 aliphatic heterocycles. The summed E-state index contributed by atoms with van der Waals surface area (Å²) in [6.07, 6.45) is 15.1. The molecule has 0 N–H and O–H groups in total. The first-order valence-corrected chi connectivity index (χ1v) is 8.15. The summed E-state index contributed by atoms with van der Waals surface area (Å²) in [5.41, 5.74) is 2.19. The molecule has 0 radical (unpaired) electrons. The lowest BCUT2D eigenvalue weighted by Gasteiger charge is -2.15. The number of carbonyl (C=O) groups excluding carboxylic acids is 1. The minimum Gasteiger partial charge on any atom is -0.358 e. The van der Waals surface area contributed by atoms with Gasteiger partial charge in [-0.15, -0.1) is 4.57 Å². The van der Waals surface area contributed by atoms with E-state index in [0.717, 1.165) is 17.7 Å². The van der Waals surface area contributed by atoms with Crippen LogP contribution in [0, 0.1) is 7.43 Å². The largest absolute Gasteiger partial charge is 0.411 e. The molecule has 0 aromatic carbocycles. The van der Waals surface area contributed by atoms with Crippen molar-refractivity contribution in [2.75, 3.05) is 13.2 Å². The van der Waals surface area contributed by atoms with E-state index in [0.29, 0.717) is 13.2 Å². The first-order chi connectivity index (χ1) is 12.2. The third-order valence-electron chi connectivity index (χ3n) is 4.07. The fourth-order valence-electron chi connectivity index (χ4n) is 2.67. The number of carbonyl (C=O) groups is 1. The fourth-order valence-corrected chi connectivity index (χ4v) is 2.67. The molecule has 0 aliphatic carbocycles. The van der Waals surface area contributed by atoms with Gasteiger partial charge in [0.2, 0.25) is 0 Å². The van der Waals surface area contributed by atoms with Crippen molar-refractivity contribution in [1.82, 2.24) is 9.80 Å². The Bertz CT molecular complexity index is 794. The van der Waals surface area contributed by atoms with Gasteiger partial charge in [0.25, 0.3) is 0 Å². The molecule has 0 fully saturated rings. The number of pyridine rings is 2. The molecule has 3 heterocycles. The maximum absolute atomic E-state index is 12.4. The molecule has 0 spiro atoms. The second-order valence-electron chi connectivity index (χ2n) is 5.84. The first kappa shape index (κ1) is 19.1. The van der Waals surface area contributed by atoms with Crippen LogP contribution in [0.25, 0.3) is 11.1 Å². The summed E-state index contributed by atoms with van der Waals surface area (Å²) < 4.78 is 3.67. The van der Waals surface area contributed by atoms with E-state index in [4.69, 9.17) is 0 Å². The molecule has 0 atom stereocenters. The van der Waals surface area contributed by atoms with Crippen molar-refractivity contribution in [2.45, 2.75) is 6.54 Å². The molecule has 0 bridgehead atoms. The average molecular weight is 349 g/mol. The lowest BCUT2D eigenvalue weighted by atomic mass is 10.1. The Morgan fingerprint density at radius 2 is 1.65 bits per heavy atom. The van der Waals surface area contributed by atoms with E-state index in [1.165, 1.54) is 0 Å². The molecule has 0 saturated carbocycles. The van der Waals surface area contributed by atoms with Crippen LogP contribution in [0.4, 0.5) is 0 Å². The van der Waals surface area contributed by atoms with Gasteiger partial charge in [-0.3, -0.25) is 0 Å². The van der Waals surface area contributed by atoms with Gasteiger partial charge in [-0.2, -0.15) is 0 Å². The van der Waals surface area contributed by atoms with Crippen LogP contribution in [-0.4, -0.2) is 28.9 Å². The number of hydrogen-bond acceptors (Lipinski definition) is 3. The lowest BCUT2D eigenvalue weighted by molar-refractivity contribution is -0.686. The highest BCUT2D eigenvalue weighted by Gasteiger charge is 2.20. The van der Waals surface area contributed by atoms with E-state index in [-0.39, 0.29) is 13.3 Å². The summed E-state index contributed by atoms with van der Waals surface area (Å²) in [4.78, 5) is 16.3. The highest BCUT2D eigenvalue weighted by molar-refractivity contribution is 5.70. The Labute approximate surface area is 155 Å². The summed E-state index contributed by atoms with van der Waals surface area (Å²) in [6.45, 7) is 9.23. The topological polar surface area (TPSA) is 31.3 Å². The van der Waals surface area contributed by atoms with Crippen molar-refractivity contribution in [3.63, 3.8) is 0 Å². The Hall–Kier alpha value is -3.21. The Morgan fingerprint density at radius 3 is 2.19 bits per heavy atom. The van der Waals surface area contributed by atoms with E-state index < -0.39 is 0 Å². The third kappa shape index (κ3) is 4.45. The van der Waals surface area contributed by atoms with Crippen LogP contribution < -0.4 is 9.13 Å². The minimum atomic E-state index is 0. The highest BCUT2D eigenvalue weighted by atomic mass is 16.2. The maximum Gasteiger partial charge on any atom is 0.411 e. The van der Waals surface area contributed by atoms with Crippen molar-refractivity contribution in [3.8, 4) is 11.1 Å². The van der Waals surface area contributed by atoms with Crippen LogP contribution in [0.1, 0.15) is 4.79 Å². The maximum atomic E-state index is 12.4. The van der Waals surface area contributed by atoms with Crippen LogP contribution in [0.3, 0.4) is 0 Å². The van der Waals surface area contributed by atoms with Crippen molar-refractivity contribution in [3.05, 3.63) is 94.3 Å². The second-order valence-corrected chi connectivity index (χ2v) is 5.84. The van der Waals surface area contributed by atoms with E-state index in [1.807, 2.05) is 65.2 Å². The number of rotatable bonds is 6. The van der Waals surface area contributed by atoms with Crippen LogP contribution in [0.2, 0.25) is 0 Å². The summed E-state index contributed by atoms with van der Waals surface area (Å²) in [6, 6.07) is 8.04. The Balaban J connectivity index is 0.00000243. The lowest BCUT2D eigenvalue weighted by Crippen LogP contribution is -2.47. The Morgan fingerprint density at radius 1 is 1.04 bits per heavy atom. The molecule has 2 aromatic rings. The van der Waals surface area contributed by atoms with Gasteiger partial charge >= 0.3 is 5.91 Å². The van der Waals surface area contributed by atoms with E-state index in [2.05, 4.69) is 29.9 Å². The van der Waals surface area contributed by atoms with Gasteiger partial charge in [-0.05, 0) is 23.4 Å². The molecule has 0 amide bonds. The summed E-state index contributed by atoms with van der Waals surface area (Å²) in [5.74, 6) is 0.0269. The monoisotopic (exact) mass is 349 g/mol. The van der Waals surface area contributed by atoms with E-state index in [9.17, 15) is 4.79 Å². The number of nitrogens with zero attached hydrogens (tertiary/aromatic N) is 4. The molecule has 0 unspecified atom stereocenters. The molecule has 5 nitrogen and oxygen atoms in total. The van der Waals surface area contributed by atoms with Crippen LogP contribution in [0.15, 0.2) is 86.9 Å². The first-order valence-electron chi connectivity index (χ1n) is 8.15. The van der Waals surface area contributed by atoms with Gasteiger partial charge in [0, 0.05) is 36.7 Å². The van der Waals surface area contributed by atoms with Crippen LogP contribution in [-0.2, 0) is 6.54 Å². The van der Waals surface area contributed by atoms with Crippen molar-refractivity contribution >= 4 is 5.91 Å². The summed E-state index contributed by atoms with van der Waals surface area (Å²) >= 11 is 0. The standard InChI is InChI=1S/C20H22N4O.CH3/c1-3-9-22-10-5-18(6-11-22)19-7-12-24(13-8-19)20(25)16-23-15-14-21(4-2)17-23;/h3-8,10-15H,1-2,9,16-17H2;1H3/q+2;-1. The molecule has 0 saturated heterocycles. The molecule has 2 aromatic heterocycles. The van der Waals surface area contributed by atoms with Gasteiger partial charge in [0.15, 0.2) is 31.3 Å². The predicted octanol–water partition coefficient (Wildman–Crippen LogP) is 2.39. The van der Waals surface area contributed by atoms with Crippen molar-refractivity contribution in [2.24, 2.45) is 0 Å². The SMILES string of the molecule is C=CC[n+]1ccc(-c2cc[n+](C(=O)CN3C=CN(C=C)C3)cc2)cc1.[CH3-]. The van der Waals surface area contributed by atoms with E-state index in [1.54, 1.807) is 10.8 Å². The predicted molar refractivity (Wildman–Crippen MR) is 102 cm³/mol. The minimum absolute atomic E-state index is 0. The number of allylic oxidation sites excluding steroid dienone is 1. The Kier molecular flexibility index (Phi) is 6.44. The molecular formula is C21H25N4O+. The molecule has 26 heavy (non-hydrogen) atoms. The quantitative estimate of drug-likeness (QED) is 0.456. The number of aromatic nitrogens is 2. The van der Waals surface area contributed by atoms with Gasteiger partial charge < -0.3 is 17.2 Å². The summed E-state index contributed by atoms with van der Waals surface area (Å²) in [5, 5.41) is 0. The van der Waals surface area contributed by atoms with Crippen molar-refractivity contribution < 1.29 is 13.9 Å². The zero-order chi connectivity index (χ0) is 17.6. The average Bonchev–Trinajstić information content (AvgIpc) is 3.10. The molecule has 3 rings (SSSR count). The van der Waals surface area contributed by atoms with Gasteiger partial charge in [-0.25, -0.2) is 9.36 Å². The fraction of sp³-hybridized carbons (Fsp3) is 0.143. The van der Waals surface area contributed by atoms with Gasteiger partial charge in [0.05, 0.1) is 6.67 Å².